The highest BCUT2D eigenvalue weighted by Gasteiger charge is 2.48. The van der Waals surface area contributed by atoms with Gasteiger partial charge in [0, 0.05) is 12.4 Å². The van der Waals surface area contributed by atoms with E-state index in [1.165, 1.54) is 20.0 Å². The van der Waals surface area contributed by atoms with E-state index in [0.29, 0.717) is 11.6 Å². The highest BCUT2D eigenvalue weighted by Crippen LogP contribution is 2.40. The molecule has 0 radical (unpaired) electrons. The average Bonchev–Trinajstić information content (AvgIpc) is 3.17. The molecule has 2 heterocycles. The van der Waals surface area contributed by atoms with E-state index < -0.39 is 0 Å². The molecule has 20 heavy (non-hydrogen) atoms. The van der Waals surface area contributed by atoms with Gasteiger partial charge >= 0.3 is 0 Å². The highest BCUT2D eigenvalue weighted by atomic mass is 16.5. The Morgan fingerprint density at radius 2 is 1.80 bits per heavy atom. The van der Waals surface area contributed by atoms with E-state index in [0.717, 1.165) is 38.8 Å². The molecule has 3 rings (SSSR count). The third kappa shape index (κ3) is 2.10. The van der Waals surface area contributed by atoms with Crippen LogP contribution in [-0.4, -0.2) is 46.4 Å². The van der Waals surface area contributed by atoms with Gasteiger partial charge in [-0.05, 0) is 38.8 Å². The summed E-state index contributed by atoms with van der Waals surface area (Å²) in [6.45, 7) is 2.04. The normalized spacial score (nSPS) is 22.1. The molecule has 0 N–H and O–H groups in total. The number of Topliss-reactive ketones (excluding diaryl/α,β-unsaturated/α-hetero) is 1. The molecule has 5 nitrogen and oxygen atoms in total. The fourth-order valence-corrected chi connectivity index (χ4v) is 3.64. The lowest BCUT2D eigenvalue weighted by Gasteiger charge is -2.37. The maximum Gasteiger partial charge on any atom is 0.243 e. The summed E-state index contributed by atoms with van der Waals surface area (Å²) >= 11 is 0. The zero-order chi connectivity index (χ0) is 14.0. The van der Waals surface area contributed by atoms with Crippen LogP contribution in [0.15, 0.2) is 12.4 Å². The van der Waals surface area contributed by atoms with Gasteiger partial charge in [-0.1, -0.05) is 12.8 Å². The topological polar surface area (TPSA) is 55.3 Å². The summed E-state index contributed by atoms with van der Waals surface area (Å²) in [5, 5.41) is 0. The lowest BCUT2D eigenvalue weighted by atomic mass is 9.88. The maximum absolute atomic E-state index is 13.1. The summed E-state index contributed by atoms with van der Waals surface area (Å²) in [5.41, 5.74) is 0.0311. The summed E-state index contributed by atoms with van der Waals surface area (Å²) in [7, 11) is 1.54. The lowest BCUT2D eigenvalue weighted by molar-refractivity contribution is 0.0616. The first-order chi connectivity index (χ1) is 9.78. The van der Waals surface area contributed by atoms with E-state index in [-0.39, 0.29) is 11.3 Å². The predicted molar refractivity (Wildman–Crippen MR) is 74.9 cm³/mol. The summed E-state index contributed by atoms with van der Waals surface area (Å²) in [6, 6.07) is 0. The number of hydrogen-bond acceptors (Lipinski definition) is 5. The minimum atomic E-state index is -0.361. The van der Waals surface area contributed by atoms with Gasteiger partial charge in [0.05, 0.1) is 12.6 Å². The number of nitrogens with zero attached hydrogens (tertiary/aromatic N) is 3. The van der Waals surface area contributed by atoms with Gasteiger partial charge in [-0.3, -0.25) is 9.69 Å². The quantitative estimate of drug-likeness (QED) is 0.787. The maximum atomic E-state index is 13.1. The van der Waals surface area contributed by atoms with Crippen molar-refractivity contribution < 1.29 is 9.53 Å². The van der Waals surface area contributed by atoms with Gasteiger partial charge in [-0.25, -0.2) is 9.97 Å². The van der Waals surface area contributed by atoms with Gasteiger partial charge in [0.1, 0.15) is 0 Å². The number of likely N-dealkylation sites (tertiary alicyclic amines) is 1. The molecule has 1 aliphatic heterocycles. The zero-order valence-corrected chi connectivity index (χ0v) is 12.0. The van der Waals surface area contributed by atoms with Crippen molar-refractivity contribution in [3.05, 3.63) is 18.1 Å². The van der Waals surface area contributed by atoms with E-state index in [4.69, 9.17) is 4.74 Å². The predicted octanol–water partition coefficient (Wildman–Crippen LogP) is 2.08. The van der Waals surface area contributed by atoms with Crippen LogP contribution in [-0.2, 0) is 0 Å². The van der Waals surface area contributed by atoms with E-state index in [1.807, 2.05) is 0 Å². The Morgan fingerprint density at radius 3 is 2.45 bits per heavy atom. The molecule has 2 aliphatic rings. The Bertz CT molecular complexity index is 492. The van der Waals surface area contributed by atoms with Gasteiger partial charge in [0.15, 0.2) is 5.69 Å². The second kappa shape index (κ2) is 5.48. The van der Waals surface area contributed by atoms with Crippen LogP contribution < -0.4 is 4.74 Å². The van der Waals surface area contributed by atoms with Gasteiger partial charge in [0.25, 0.3) is 0 Å². The van der Waals surface area contributed by atoms with E-state index in [1.54, 1.807) is 12.4 Å². The first-order valence-corrected chi connectivity index (χ1v) is 7.43. The second-order valence-corrected chi connectivity index (χ2v) is 5.68. The van der Waals surface area contributed by atoms with Crippen LogP contribution in [0.4, 0.5) is 0 Å². The highest BCUT2D eigenvalue weighted by molar-refractivity contribution is 6.03. The van der Waals surface area contributed by atoms with Crippen LogP contribution in [0.25, 0.3) is 0 Å². The van der Waals surface area contributed by atoms with Gasteiger partial charge in [-0.15, -0.1) is 0 Å². The Labute approximate surface area is 119 Å². The molecule has 5 heteroatoms. The largest absolute Gasteiger partial charge is 0.479 e. The number of methoxy groups -OCH3 is 1. The third-order valence-corrected chi connectivity index (χ3v) is 4.64. The van der Waals surface area contributed by atoms with Crippen molar-refractivity contribution in [2.45, 2.75) is 44.1 Å². The molecule has 0 amide bonds. The molecule has 1 aliphatic carbocycles. The molecule has 2 fully saturated rings. The number of carbonyl (C=O) groups is 1. The molecule has 0 aromatic carbocycles. The summed E-state index contributed by atoms with van der Waals surface area (Å²) in [6.07, 6.45) is 9.61. The van der Waals surface area contributed by atoms with E-state index in [9.17, 15) is 4.79 Å². The zero-order valence-electron chi connectivity index (χ0n) is 12.0. The standard InChI is InChI=1S/C15H21N3O2/c1-20-14-12(16-8-9-17-14)13(19)15(6-2-3-7-15)18-10-4-5-11-18/h8-9H,2-7,10-11H2,1H3. The van der Waals surface area contributed by atoms with Crippen molar-refractivity contribution in [3.8, 4) is 5.88 Å². The molecule has 108 valence electrons. The van der Waals surface area contributed by atoms with Crippen LogP contribution in [0.3, 0.4) is 0 Å². The Kier molecular flexibility index (Phi) is 3.70. The smallest absolute Gasteiger partial charge is 0.243 e. The first-order valence-electron chi connectivity index (χ1n) is 7.43. The number of ketones is 1. The minimum absolute atomic E-state index is 0.0989. The monoisotopic (exact) mass is 275 g/mol. The van der Waals surface area contributed by atoms with Crippen LogP contribution in [0.5, 0.6) is 5.88 Å². The van der Waals surface area contributed by atoms with Crippen molar-refractivity contribution in [2.75, 3.05) is 20.2 Å². The minimum Gasteiger partial charge on any atom is -0.479 e. The number of carbonyl (C=O) groups excluding carboxylic acids is 1. The van der Waals surface area contributed by atoms with Crippen molar-refractivity contribution in [1.82, 2.24) is 14.9 Å². The molecule has 0 bridgehead atoms. The molecule has 1 saturated carbocycles. The summed E-state index contributed by atoms with van der Waals surface area (Å²) in [4.78, 5) is 23.9. The summed E-state index contributed by atoms with van der Waals surface area (Å²) < 4.78 is 5.22. The van der Waals surface area contributed by atoms with Crippen LogP contribution in [0, 0.1) is 0 Å². The first kappa shape index (κ1) is 13.5. The SMILES string of the molecule is COc1nccnc1C(=O)C1(N2CCCC2)CCCC1. The van der Waals surface area contributed by atoms with Crippen molar-refractivity contribution in [1.29, 1.82) is 0 Å². The molecule has 1 aromatic rings. The molecule has 0 atom stereocenters. The Morgan fingerprint density at radius 1 is 1.15 bits per heavy atom. The van der Waals surface area contributed by atoms with Crippen molar-refractivity contribution in [3.63, 3.8) is 0 Å². The fraction of sp³-hybridized carbons (Fsp3) is 0.667. The Hall–Kier alpha value is -1.49. The Balaban J connectivity index is 1.97. The molecule has 0 spiro atoms. The van der Waals surface area contributed by atoms with E-state index in [2.05, 4.69) is 14.9 Å². The number of hydrogen-bond donors (Lipinski definition) is 0. The lowest BCUT2D eigenvalue weighted by Crippen LogP contribution is -2.51. The van der Waals surface area contributed by atoms with Crippen LogP contribution >= 0.6 is 0 Å². The number of ether oxygens (including phenoxy) is 1. The van der Waals surface area contributed by atoms with Crippen molar-refractivity contribution >= 4 is 5.78 Å². The molecule has 1 saturated heterocycles. The number of rotatable bonds is 4. The molecular formula is C15H21N3O2. The fourth-order valence-electron chi connectivity index (χ4n) is 3.64. The van der Waals surface area contributed by atoms with Crippen molar-refractivity contribution in [2.24, 2.45) is 0 Å². The summed E-state index contributed by atoms with van der Waals surface area (Å²) in [5.74, 6) is 0.449. The molecule has 1 aromatic heterocycles. The molecule has 0 unspecified atom stereocenters. The van der Waals surface area contributed by atoms with E-state index >= 15 is 0 Å². The second-order valence-electron chi connectivity index (χ2n) is 5.68. The number of aromatic nitrogens is 2. The van der Waals surface area contributed by atoms with Gasteiger partial charge in [-0.2, -0.15) is 0 Å². The third-order valence-electron chi connectivity index (χ3n) is 4.64. The van der Waals surface area contributed by atoms with Crippen LogP contribution in [0.1, 0.15) is 49.0 Å². The van der Waals surface area contributed by atoms with Crippen LogP contribution in [0.2, 0.25) is 0 Å². The average molecular weight is 275 g/mol. The van der Waals surface area contributed by atoms with Gasteiger partial charge in [0.2, 0.25) is 11.7 Å². The molecular weight excluding hydrogens is 254 g/mol. The van der Waals surface area contributed by atoms with Gasteiger partial charge < -0.3 is 4.74 Å².